The first-order chi connectivity index (χ1) is 4.22. The lowest BCUT2D eigenvalue weighted by Crippen LogP contribution is -2.35. The molecule has 9 heavy (non-hydrogen) atoms. The molecule has 0 rings (SSSR count). The molecule has 0 unspecified atom stereocenters. The Morgan fingerprint density at radius 1 is 1.89 bits per heavy atom. The number of thiocarbonyl (C=S) groups is 1. The van der Waals surface area contributed by atoms with E-state index in [9.17, 15) is 0 Å². The van der Waals surface area contributed by atoms with Crippen molar-refractivity contribution >= 4 is 17.2 Å². The van der Waals surface area contributed by atoms with Gasteiger partial charge in [0.25, 0.3) is 0 Å². The molecule has 2 N–H and O–H groups in total. The van der Waals surface area contributed by atoms with Crippen LogP contribution in [-0.2, 0) is 0 Å². The van der Waals surface area contributed by atoms with Crippen LogP contribution < -0.4 is 5.84 Å². The van der Waals surface area contributed by atoms with Gasteiger partial charge in [-0.1, -0.05) is 25.2 Å². The van der Waals surface area contributed by atoms with Crippen molar-refractivity contribution in [2.45, 2.75) is 13.3 Å². The Morgan fingerprint density at radius 2 is 2.44 bits per heavy atom. The molecule has 0 heterocycles. The SMILES string of the molecule is C=CCN(N)C(=S)CC. The molecule has 0 fully saturated rings. The lowest BCUT2D eigenvalue weighted by atomic mass is 10.4. The molecule has 0 saturated carbocycles. The smallest absolute Gasteiger partial charge is 0.0919 e. The van der Waals surface area contributed by atoms with Gasteiger partial charge in [0.1, 0.15) is 0 Å². The van der Waals surface area contributed by atoms with Gasteiger partial charge in [0, 0.05) is 0 Å². The molecule has 0 radical (unpaired) electrons. The molecule has 52 valence electrons. The van der Waals surface area contributed by atoms with E-state index in [0.717, 1.165) is 11.4 Å². The number of hydrogen-bond acceptors (Lipinski definition) is 2. The lowest BCUT2D eigenvalue weighted by Gasteiger charge is -2.15. The molecule has 0 saturated heterocycles. The Kier molecular flexibility index (Phi) is 4.26. The van der Waals surface area contributed by atoms with Crippen LogP contribution in [0.5, 0.6) is 0 Å². The van der Waals surface area contributed by atoms with Gasteiger partial charge in [-0.05, 0) is 6.42 Å². The summed E-state index contributed by atoms with van der Waals surface area (Å²) in [5.74, 6) is 5.46. The van der Waals surface area contributed by atoms with Gasteiger partial charge in [-0.3, -0.25) is 0 Å². The highest BCUT2D eigenvalue weighted by Gasteiger charge is 1.96. The van der Waals surface area contributed by atoms with Crippen molar-refractivity contribution in [3.8, 4) is 0 Å². The maximum Gasteiger partial charge on any atom is 0.0919 e. The number of rotatable bonds is 3. The molecule has 0 amide bonds. The van der Waals surface area contributed by atoms with E-state index in [-0.39, 0.29) is 0 Å². The van der Waals surface area contributed by atoms with E-state index in [4.69, 9.17) is 18.1 Å². The fraction of sp³-hybridized carbons (Fsp3) is 0.500. The van der Waals surface area contributed by atoms with Crippen LogP contribution in [-0.4, -0.2) is 16.5 Å². The van der Waals surface area contributed by atoms with Crippen molar-refractivity contribution in [3.05, 3.63) is 12.7 Å². The van der Waals surface area contributed by atoms with Gasteiger partial charge in [0.2, 0.25) is 0 Å². The summed E-state index contributed by atoms with van der Waals surface area (Å²) in [4.78, 5) is 0.773. The minimum absolute atomic E-state index is 0.632. The standard InChI is InChI=1S/C6H12N2S/c1-3-5-8(7)6(9)4-2/h3H,1,4-5,7H2,2H3. The van der Waals surface area contributed by atoms with Gasteiger partial charge in [-0.25, -0.2) is 5.84 Å². The zero-order valence-electron chi connectivity index (χ0n) is 5.63. The third kappa shape index (κ3) is 3.21. The number of nitrogens with zero attached hydrogens (tertiary/aromatic N) is 1. The van der Waals surface area contributed by atoms with Gasteiger partial charge >= 0.3 is 0 Å². The Balaban J connectivity index is 3.58. The van der Waals surface area contributed by atoms with E-state index in [1.807, 2.05) is 6.92 Å². The molecule has 0 aliphatic rings. The van der Waals surface area contributed by atoms with Crippen molar-refractivity contribution in [1.29, 1.82) is 0 Å². The van der Waals surface area contributed by atoms with E-state index in [0.29, 0.717) is 6.54 Å². The molecule has 3 heteroatoms. The second-order valence-electron chi connectivity index (χ2n) is 1.69. The number of hydrazine groups is 1. The summed E-state index contributed by atoms with van der Waals surface area (Å²) in [5.41, 5.74) is 0. The average Bonchev–Trinajstić information content (AvgIpc) is 1.87. The second kappa shape index (κ2) is 4.47. The van der Waals surface area contributed by atoms with Crippen LogP contribution in [0.4, 0.5) is 0 Å². The first kappa shape index (κ1) is 8.59. The molecule has 2 nitrogen and oxygen atoms in total. The van der Waals surface area contributed by atoms with Gasteiger partial charge in [0.15, 0.2) is 0 Å². The summed E-state index contributed by atoms with van der Waals surface area (Å²) in [6, 6.07) is 0. The minimum atomic E-state index is 0.632. The van der Waals surface area contributed by atoms with Gasteiger partial charge < -0.3 is 5.01 Å². The van der Waals surface area contributed by atoms with Gasteiger partial charge in [-0.2, -0.15) is 0 Å². The van der Waals surface area contributed by atoms with Crippen molar-refractivity contribution < 1.29 is 0 Å². The van der Waals surface area contributed by atoms with Gasteiger partial charge in [0.05, 0.1) is 11.5 Å². The second-order valence-corrected chi connectivity index (χ2v) is 2.16. The molecule has 0 aromatic rings. The average molecular weight is 144 g/mol. The maximum absolute atomic E-state index is 5.46. The topological polar surface area (TPSA) is 29.3 Å². The summed E-state index contributed by atoms with van der Waals surface area (Å²) < 4.78 is 0. The highest BCUT2D eigenvalue weighted by atomic mass is 32.1. The summed E-state index contributed by atoms with van der Waals surface area (Å²) in [7, 11) is 0. The number of hydrogen-bond donors (Lipinski definition) is 1. The third-order valence-electron chi connectivity index (χ3n) is 0.949. The summed E-state index contributed by atoms with van der Waals surface area (Å²) in [6.07, 6.45) is 2.54. The van der Waals surface area contributed by atoms with E-state index in [1.165, 1.54) is 5.01 Å². The van der Waals surface area contributed by atoms with Crippen LogP contribution in [0.3, 0.4) is 0 Å². The zero-order chi connectivity index (χ0) is 7.28. The van der Waals surface area contributed by atoms with Crippen molar-refractivity contribution in [2.75, 3.05) is 6.54 Å². The van der Waals surface area contributed by atoms with Crippen LogP contribution in [0.1, 0.15) is 13.3 Å². The molecule has 0 aromatic heterocycles. The molecule has 0 atom stereocenters. The highest BCUT2D eigenvalue weighted by Crippen LogP contribution is 1.88. The van der Waals surface area contributed by atoms with E-state index in [1.54, 1.807) is 6.08 Å². The quantitative estimate of drug-likeness (QED) is 0.278. The molecule has 0 aliphatic heterocycles. The Morgan fingerprint density at radius 3 is 2.78 bits per heavy atom. The molecule has 0 aliphatic carbocycles. The Hall–Kier alpha value is -0.410. The van der Waals surface area contributed by atoms with Crippen LogP contribution in [0.15, 0.2) is 12.7 Å². The van der Waals surface area contributed by atoms with Crippen molar-refractivity contribution in [3.63, 3.8) is 0 Å². The summed E-state index contributed by atoms with van der Waals surface area (Å²) in [6.45, 7) is 6.15. The molecular formula is C6H12N2S. The summed E-state index contributed by atoms with van der Waals surface area (Å²) >= 11 is 4.90. The fourth-order valence-electron chi connectivity index (χ4n) is 0.444. The van der Waals surface area contributed by atoms with E-state index < -0.39 is 0 Å². The van der Waals surface area contributed by atoms with Crippen molar-refractivity contribution in [1.82, 2.24) is 5.01 Å². The predicted molar refractivity (Wildman–Crippen MR) is 44.0 cm³/mol. The fourth-order valence-corrected chi connectivity index (χ4v) is 0.519. The first-order valence-corrected chi connectivity index (χ1v) is 3.29. The lowest BCUT2D eigenvalue weighted by molar-refractivity contribution is 0.490. The Labute approximate surface area is 61.3 Å². The highest BCUT2D eigenvalue weighted by molar-refractivity contribution is 7.80. The van der Waals surface area contributed by atoms with Crippen LogP contribution >= 0.6 is 12.2 Å². The minimum Gasteiger partial charge on any atom is -0.301 e. The van der Waals surface area contributed by atoms with Crippen LogP contribution in [0, 0.1) is 0 Å². The van der Waals surface area contributed by atoms with Crippen LogP contribution in [0.25, 0.3) is 0 Å². The monoisotopic (exact) mass is 144 g/mol. The Bertz CT molecular complexity index is 112. The largest absolute Gasteiger partial charge is 0.301 e. The van der Waals surface area contributed by atoms with Crippen molar-refractivity contribution in [2.24, 2.45) is 5.84 Å². The molecule has 0 bridgehead atoms. The van der Waals surface area contributed by atoms with Crippen LogP contribution in [0.2, 0.25) is 0 Å². The third-order valence-corrected chi connectivity index (χ3v) is 1.47. The molecular weight excluding hydrogens is 132 g/mol. The molecule has 0 aromatic carbocycles. The normalized spacial score (nSPS) is 8.67. The maximum atomic E-state index is 5.46. The predicted octanol–water partition coefficient (Wildman–Crippen LogP) is 1.09. The van der Waals surface area contributed by atoms with E-state index >= 15 is 0 Å². The first-order valence-electron chi connectivity index (χ1n) is 2.88. The van der Waals surface area contributed by atoms with Gasteiger partial charge in [-0.15, -0.1) is 6.58 Å². The number of nitrogens with two attached hydrogens (primary N) is 1. The molecule has 0 spiro atoms. The summed E-state index contributed by atoms with van der Waals surface area (Å²) in [5, 5.41) is 1.52. The zero-order valence-corrected chi connectivity index (χ0v) is 6.45. The van der Waals surface area contributed by atoms with E-state index in [2.05, 4.69) is 6.58 Å².